The zero-order chi connectivity index (χ0) is 11.3. The summed E-state index contributed by atoms with van der Waals surface area (Å²) in [5.74, 6) is 0.778. The summed E-state index contributed by atoms with van der Waals surface area (Å²) in [5, 5.41) is 2.84. The molecule has 0 aliphatic heterocycles. The zero-order valence-electron chi connectivity index (χ0n) is 9.58. The Kier molecular flexibility index (Phi) is 4.28. The molecule has 1 unspecified atom stereocenters. The number of nitrogens with zero attached hydrogens (tertiary/aromatic N) is 1. The summed E-state index contributed by atoms with van der Waals surface area (Å²) >= 11 is 0. The molecule has 0 bridgehead atoms. The maximum atomic E-state index is 11.7. The summed E-state index contributed by atoms with van der Waals surface area (Å²) < 4.78 is 0. The largest absolute Gasteiger partial charge is 0.310 e. The first-order valence-electron chi connectivity index (χ1n) is 5.37. The lowest BCUT2D eigenvalue weighted by atomic mass is 10.1. The molecule has 0 spiro atoms. The molecule has 1 heterocycles. The van der Waals surface area contributed by atoms with Crippen molar-refractivity contribution in [3.63, 3.8) is 0 Å². The quantitative estimate of drug-likeness (QED) is 0.823. The number of rotatable bonds is 4. The van der Waals surface area contributed by atoms with Crippen LogP contribution in [0.25, 0.3) is 0 Å². The fourth-order valence-electron chi connectivity index (χ4n) is 1.42. The van der Waals surface area contributed by atoms with Crippen LogP contribution in [0.2, 0.25) is 0 Å². The summed E-state index contributed by atoms with van der Waals surface area (Å²) in [6, 6.07) is 3.80. The Morgan fingerprint density at radius 2 is 2.33 bits per heavy atom. The first-order valence-corrected chi connectivity index (χ1v) is 5.37. The minimum atomic E-state index is 0.0522. The van der Waals surface area contributed by atoms with Crippen molar-refractivity contribution in [3.05, 3.63) is 23.9 Å². The minimum Gasteiger partial charge on any atom is -0.310 e. The zero-order valence-corrected chi connectivity index (χ0v) is 9.58. The molecule has 0 aliphatic carbocycles. The second-order valence-electron chi connectivity index (χ2n) is 3.85. The standard InChI is InChI=1S/C12H18N2O/c1-4-6-10(3)12(15)14-11-9(2)7-5-8-13-11/h5,7-8,10H,4,6H2,1-3H3,(H,13,14,15). The lowest BCUT2D eigenvalue weighted by molar-refractivity contribution is -0.119. The molecule has 1 amide bonds. The van der Waals surface area contributed by atoms with Crippen LogP contribution in [0.1, 0.15) is 32.3 Å². The highest BCUT2D eigenvalue weighted by Crippen LogP contribution is 2.12. The first kappa shape index (κ1) is 11.7. The Balaban J connectivity index is 2.62. The average Bonchev–Trinajstić information content (AvgIpc) is 2.21. The Morgan fingerprint density at radius 1 is 1.60 bits per heavy atom. The van der Waals surface area contributed by atoms with Crippen molar-refractivity contribution in [3.8, 4) is 0 Å². The predicted molar refractivity (Wildman–Crippen MR) is 61.7 cm³/mol. The summed E-state index contributed by atoms with van der Waals surface area (Å²) in [5.41, 5.74) is 0.995. The first-order chi connectivity index (χ1) is 7.15. The predicted octanol–water partition coefficient (Wildman–Crippen LogP) is 2.76. The van der Waals surface area contributed by atoms with Crippen molar-refractivity contribution < 1.29 is 4.79 Å². The number of anilines is 1. The van der Waals surface area contributed by atoms with Gasteiger partial charge in [-0.25, -0.2) is 4.98 Å². The van der Waals surface area contributed by atoms with E-state index in [-0.39, 0.29) is 11.8 Å². The third kappa shape index (κ3) is 3.35. The van der Waals surface area contributed by atoms with E-state index in [1.807, 2.05) is 26.0 Å². The van der Waals surface area contributed by atoms with Crippen LogP contribution in [0.15, 0.2) is 18.3 Å². The number of pyridine rings is 1. The molecule has 0 aliphatic rings. The fraction of sp³-hybridized carbons (Fsp3) is 0.500. The lowest BCUT2D eigenvalue weighted by Crippen LogP contribution is -2.21. The van der Waals surface area contributed by atoms with Gasteiger partial charge in [0.05, 0.1) is 0 Å². The van der Waals surface area contributed by atoms with Crippen molar-refractivity contribution in [1.82, 2.24) is 4.98 Å². The van der Waals surface area contributed by atoms with Crippen molar-refractivity contribution in [2.45, 2.75) is 33.6 Å². The van der Waals surface area contributed by atoms with Crippen LogP contribution in [-0.2, 0) is 4.79 Å². The van der Waals surface area contributed by atoms with E-state index in [4.69, 9.17) is 0 Å². The van der Waals surface area contributed by atoms with Gasteiger partial charge in [0.25, 0.3) is 0 Å². The van der Waals surface area contributed by atoms with Crippen molar-refractivity contribution in [1.29, 1.82) is 0 Å². The van der Waals surface area contributed by atoms with Crippen molar-refractivity contribution >= 4 is 11.7 Å². The van der Waals surface area contributed by atoms with Crippen LogP contribution in [0.3, 0.4) is 0 Å². The Hall–Kier alpha value is -1.38. The molecule has 3 nitrogen and oxygen atoms in total. The second kappa shape index (κ2) is 5.49. The van der Waals surface area contributed by atoms with Crippen LogP contribution in [0.5, 0.6) is 0 Å². The molecule has 3 heteroatoms. The number of aryl methyl sites for hydroxylation is 1. The maximum Gasteiger partial charge on any atom is 0.228 e. The van der Waals surface area contributed by atoms with E-state index in [1.54, 1.807) is 6.20 Å². The molecule has 15 heavy (non-hydrogen) atoms. The highest BCUT2D eigenvalue weighted by atomic mass is 16.1. The third-order valence-corrected chi connectivity index (χ3v) is 2.42. The van der Waals surface area contributed by atoms with E-state index in [0.717, 1.165) is 18.4 Å². The Morgan fingerprint density at radius 3 is 2.93 bits per heavy atom. The van der Waals surface area contributed by atoms with Crippen LogP contribution in [-0.4, -0.2) is 10.9 Å². The van der Waals surface area contributed by atoms with Gasteiger partial charge in [-0.1, -0.05) is 26.3 Å². The molecule has 1 aromatic rings. The van der Waals surface area contributed by atoms with E-state index in [0.29, 0.717) is 5.82 Å². The van der Waals surface area contributed by atoms with Gasteiger partial charge in [0.1, 0.15) is 5.82 Å². The van der Waals surface area contributed by atoms with E-state index in [9.17, 15) is 4.79 Å². The van der Waals surface area contributed by atoms with E-state index in [2.05, 4.69) is 17.2 Å². The summed E-state index contributed by atoms with van der Waals surface area (Å²) in [4.78, 5) is 15.8. The minimum absolute atomic E-state index is 0.0522. The third-order valence-electron chi connectivity index (χ3n) is 2.42. The smallest absolute Gasteiger partial charge is 0.228 e. The molecule has 0 aromatic carbocycles. The van der Waals surface area contributed by atoms with Gasteiger partial charge in [-0.3, -0.25) is 4.79 Å². The van der Waals surface area contributed by atoms with Crippen molar-refractivity contribution in [2.24, 2.45) is 5.92 Å². The van der Waals surface area contributed by atoms with E-state index >= 15 is 0 Å². The van der Waals surface area contributed by atoms with E-state index < -0.39 is 0 Å². The van der Waals surface area contributed by atoms with Crippen LogP contribution in [0, 0.1) is 12.8 Å². The number of hydrogen-bond donors (Lipinski definition) is 1. The molecule has 1 N–H and O–H groups in total. The molecule has 1 atom stereocenters. The van der Waals surface area contributed by atoms with Gasteiger partial charge in [-0.15, -0.1) is 0 Å². The monoisotopic (exact) mass is 206 g/mol. The molecule has 0 radical (unpaired) electrons. The summed E-state index contributed by atoms with van der Waals surface area (Å²) in [6.07, 6.45) is 3.63. The second-order valence-corrected chi connectivity index (χ2v) is 3.85. The maximum absolute atomic E-state index is 11.7. The molecule has 82 valence electrons. The molecule has 1 aromatic heterocycles. The average molecular weight is 206 g/mol. The van der Waals surface area contributed by atoms with Crippen LogP contribution < -0.4 is 5.32 Å². The van der Waals surface area contributed by atoms with Gasteiger partial charge in [-0.2, -0.15) is 0 Å². The number of amides is 1. The summed E-state index contributed by atoms with van der Waals surface area (Å²) in [6.45, 7) is 5.96. The number of hydrogen-bond acceptors (Lipinski definition) is 2. The van der Waals surface area contributed by atoms with Gasteiger partial charge in [0.2, 0.25) is 5.91 Å². The van der Waals surface area contributed by atoms with Gasteiger partial charge in [0.15, 0.2) is 0 Å². The Bertz CT molecular complexity index is 336. The number of nitrogens with one attached hydrogen (secondary N) is 1. The molecule has 0 fully saturated rings. The molecular formula is C12H18N2O. The van der Waals surface area contributed by atoms with Gasteiger partial charge < -0.3 is 5.32 Å². The lowest BCUT2D eigenvalue weighted by Gasteiger charge is -2.11. The molecule has 0 saturated carbocycles. The number of aromatic nitrogens is 1. The van der Waals surface area contributed by atoms with Gasteiger partial charge in [0, 0.05) is 12.1 Å². The van der Waals surface area contributed by atoms with Crippen molar-refractivity contribution in [2.75, 3.05) is 5.32 Å². The highest BCUT2D eigenvalue weighted by molar-refractivity contribution is 5.91. The Labute approximate surface area is 90.9 Å². The summed E-state index contributed by atoms with van der Waals surface area (Å²) in [7, 11) is 0. The van der Waals surface area contributed by atoms with Crippen LogP contribution >= 0.6 is 0 Å². The number of carbonyl (C=O) groups excluding carboxylic acids is 1. The number of carbonyl (C=O) groups is 1. The topological polar surface area (TPSA) is 42.0 Å². The van der Waals surface area contributed by atoms with Crippen LogP contribution in [0.4, 0.5) is 5.82 Å². The molecular weight excluding hydrogens is 188 g/mol. The SMILES string of the molecule is CCCC(C)C(=O)Nc1ncccc1C. The molecule has 0 saturated heterocycles. The normalized spacial score (nSPS) is 12.2. The van der Waals surface area contributed by atoms with Gasteiger partial charge in [-0.05, 0) is 25.0 Å². The van der Waals surface area contributed by atoms with E-state index in [1.165, 1.54) is 0 Å². The molecule has 1 rings (SSSR count). The fourth-order valence-corrected chi connectivity index (χ4v) is 1.42. The highest BCUT2D eigenvalue weighted by Gasteiger charge is 2.12. The van der Waals surface area contributed by atoms with Gasteiger partial charge >= 0.3 is 0 Å².